The predicted molar refractivity (Wildman–Crippen MR) is 94.4 cm³/mol. The molecule has 0 amide bonds. The van der Waals surface area contributed by atoms with Crippen LogP contribution in [0.4, 0.5) is 0 Å². The predicted octanol–water partition coefficient (Wildman–Crippen LogP) is 3.56. The molecular weight excluding hydrogens is 344 g/mol. The second-order valence-electron chi connectivity index (χ2n) is 6.32. The number of alkyl halides is 1. The van der Waals surface area contributed by atoms with Gasteiger partial charge in [-0.25, -0.2) is 0 Å². The number of benzene rings is 2. The summed E-state index contributed by atoms with van der Waals surface area (Å²) in [5, 5.41) is 17.3. The van der Waals surface area contributed by atoms with Gasteiger partial charge in [-0.1, -0.05) is 11.6 Å². The largest absolute Gasteiger partial charge is 0.457 e. The Morgan fingerprint density at radius 3 is 1.48 bits per heavy atom. The van der Waals surface area contributed by atoms with E-state index in [0.717, 1.165) is 0 Å². The molecule has 0 aliphatic rings. The van der Waals surface area contributed by atoms with E-state index >= 15 is 0 Å². The first-order valence-corrected chi connectivity index (χ1v) is 7.97. The van der Waals surface area contributed by atoms with Crippen molar-refractivity contribution in [1.29, 1.82) is 0 Å². The molecule has 0 radical (unpaired) electrons. The van der Waals surface area contributed by atoms with Crippen LogP contribution in [0, 0.1) is 0 Å². The molecule has 25 heavy (non-hydrogen) atoms. The van der Waals surface area contributed by atoms with Crippen LogP contribution >= 0.6 is 11.6 Å². The third-order valence-electron chi connectivity index (χ3n) is 3.44. The molecule has 0 fully saturated rings. The summed E-state index contributed by atoms with van der Waals surface area (Å²) in [5.74, 6) is -0.00622. The number of halogens is 1. The molecule has 0 aliphatic carbocycles. The van der Waals surface area contributed by atoms with Gasteiger partial charge in [0.05, 0.1) is 0 Å². The quantitative estimate of drug-likeness (QED) is 0.606. The Kier molecular flexibility index (Phi) is 5.32. The fraction of sp³-hybridized carbons (Fsp3) is 0.263. The van der Waals surface area contributed by atoms with E-state index in [-0.39, 0.29) is 11.3 Å². The Balaban J connectivity index is 2.10. The van der Waals surface area contributed by atoms with Gasteiger partial charge in [0.1, 0.15) is 17.1 Å². The first-order valence-electron chi connectivity index (χ1n) is 7.60. The highest BCUT2D eigenvalue weighted by molar-refractivity contribution is 6.36. The van der Waals surface area contributed by atoms with Crippen LogP contribution in [-0.4, -0.2) is 32.4 Å². The highest BCUT2D eigenvalue weighted by atomic mass is 35.5. The summed E-state index contributed by atoms with van der Waals surface area (Å²) in [6, 6.07) is 12.5. The van der Waals surface area contributed by atoms with Crippen LogP contribution in [0.5, 0.6) is 11.5 Å². The van der Waals surface area contributed by atoms with Gasteiger partial charge in [0.25, 0.3) is 0 Å². The average Bonchev–Trinajstić information content (AvgIpc) is 2.53. The molecule has 2 aromatic rings. The van der Waals surface area contributed by atoms with E-state index in [2.05, 4.69) is 0 Å². The van der Waals surface area contributed by atoms with Crippen LogP contribution in [0.25, 0.3) is 0 Å². The molecule has 5 nitrogen and oxygen atoms in total. The number of ether oxygens (including phenoxy) is 1. The van der Waals surface area contributed by atoms with Crippen molar-refractivity contribution < 1.29 is 24.5 Å². The van der Waals surface area contributed by atoms with Crippen molar-refractivity contribution in [1.82, 2.24) is 0 Å². The van der Waals surface area contributed by atoms with Gasteiger partial charge >= 0.3 is 0 Å². The topological polar surface area (TPSA) is 83.8 Å². The average molecular weight is 363 g/mol. The monoisotopic (exact) mass is 362 g/mol. The zero-order chi connectivity index (χ0) is 18.8. The zero-order valence-electron chi connectivity index (χ0n) is 14.1. The van der Waals surface area contributed by atoms with E-state index in [0.29, 0.717) is 17.1 Å². The third kappa shape index (κ3) is 4.89. The van der Waals surface area contributed by atoms with Crippen LogP contribution in [0.1, 0.15) is 41.5 Å². The molecule has 2 aromatic carbocycles. The summed E-state index contributed by atoms with van der Waals surface area (Å²) in [6.45, 7) is 4.07. The highest BCUT2D eigenvalue weighted by Gasteiger charge is 2.28. The van der Waals surface area contributed by atoms with Crippen molar-refractivity contribution in [3.63, 3.8) is 0 Å². The summed E-state index contributed by atoms with van der Waals surface area (Å²) in [7, 11) is 0. The van der Waals surface area contributed by atoms with Crippen molar-refractivity contribution >= 4 is 23.2 Å². The molecular formula is C19H19ClO5. The number of aliphatic hydroxyl groups is 2. The maximum Gasteiger partial charge on any atom is 0.209 e. The number of hydrogen-bond donors (Lipinski definition) is 2. The van der Waals surface area contributed by atoms with Crippen LogP contribution in [0.2, 0.25) is 0 Å². The Morgan fingerprint density at radius 1 is 0.800 bits per heavy atom. The summed E-state index contributed by atoms with van der Waals surface area (Å²) in [5.41, 5.74) is -0.794. The van der Waals surface area contributed by atoms with Crippen LogP contribution < -0.4 is 4.74 Å². The molecule has 0 saturated carbocycles. The number of hydrogen-bond acceptors (Lipinski definition) is 5. The second-order valence-corrected chi connectivity index (χ2v) is 7.06. The number of ketones is 2. The summed E-state index contributed by atoms with van der Waals surface area (Å²) >= 11 is 5.59. The van der Waals surface area contributed by atoms with Gasteiger partial charge in [0.15, 0.2) is 10.8 Å². The zero-order valence-corrected chi connectivity index (χ0v) is 14.9. The lowest BCUT2D eigenvalue weighted by atomic mass is 9.97. The van der Waals surface area contributed by atoms with Gasteiger partial charge in [-0.05, 0) is 69.3 Å². The van der Waals surface area contributed by atoms with Crippen molar-refractivity contribution in [2.75, 3.05) is 0 Å². The van der Waals surface area contributed by atoms with Gasteiger partial charge in [-0.2, -0.15) is 0 Å². The molecule has 0 bridgehead atoms. The van der Waals surface area contributed by atoms with Gasteiger partial charge in [0, 0.05) is 11.1 Å². The normalized spacial score (nSPS) is 13.8. The fourth-order valence-corrected chi connectivity index (χ4v) is 2.21. The lowest BCUT2D eigenvalue weighted by Crippen LogP contribution is -2.30. The Morgan fingerprint density at radius 2 is 1.16 bits per heavy atom. The number of carbonyl (C=O) groups is 2. The van der Waals surface area contributed by atoms with Crippen LogP contribution in [0.15, 0.2) is 48.5 Å². The van der Waals surface area contributed by atoms with Crippen molar-refractivity contribution in [2.45, 2.75) is 31.4 Å². The lowest BCUT2D eigenvalue weighted by Gasteiger charge is -2.15. The summed E-state index contributed by atoms with van der Waals surface area (Å²) in [4.78, 5) is 23.8. The third-order valence-corrected chi connectivity index (χ3v) is 3.61. The lowest BCUT2D eigenvalue weighted by molar-refractivity contribution is 0.0488. The van der Waals surface area contributed by atoms with E-state index in [1.165, 1.54) is 32.9 Å². The van der Waals surface area contributed by atoms with E-state index in [1.807, 2.05) is 0 Å². The Bertz CT molecular complexity index is 698. The Labute approximate surface area is 150 Å². The van der Waals surface area contributed by atoms with E-state index in [1.54, 1.807) is 36.4 Å². The number of rotatable bonds is 6. The first-order chi connectivity index (χ1) is 11.5. The molecule has 1 unspecified atom stereocenters. The van der Waals surface area contributed by atoms with E-state index in [4.69, 9.17) is 16.3 Å². The fourth-order valence-electron chi connectivity index (χ4n) is 2.10. The summed E-state index contributed by atoms with van der Waals surface area (Å²) < 4.78 is 5.64. The second kappa shape index (κ2) is 6.96. The minimum atomic E-state index is -1.95. The Hall–Kier alpha value is -2.21. The minimum absolute atomic E-state index is 0.262. The van der Waals surface area contributed by atoms with E-state index in [9.17, 15) is 19.8 Å². The maximum absolute atomic E-state index is 12.0. The smallest absolute Gasteiger partial charge is 0.209 e. The molecule has 0 heterocycles. The molecule has 0 aromatic heterocycles. The van der Waals surface area contributed by atoms with Crippen molar-refractivity contribution in [2.24, 2.45) is 0 Å². The van der Waals surface area contributed by atoms with Gasteiger partial charge in [-0.3, -0.25) is 9.59 Å². The molecule has 2 rings (SSSR count). The molecule has 1 atom stereocenters. The van der Waals surface area contributed by atoms with Gasteiger partial charge in [-0.15, -0.1) is 0 Å². The molecule has 0 aliphatic heterocycles. The first kappa shape index (κ1) is 19.1. The van der Waals surface area contributed by atoms with Gasteiger partial charge in [0.2, 0.25) is 5.78 Å². The molecule has 0 spiro atoms. The van der Waals surface area contributed by atoms with Crippen molar-refractivity contribution in [3.05, 3.63) is 59.7 Å². The van der Waals surface area contributed by atoms with Crippen LogP contribution in [-0.2, 0) is 0 Å². The minimum Gasteiger partial charge on any atom is -0.457 e. The maximum atomic E-state index is 12.0. The summed E-state index contributed by atoms with van der Waals surface area (Å²) in [6.07, 6.45) is 0. The number of carbonyl (C=O) groups excluding carboxylic acids is 2. The number of Topliss-reactive ketones (excluding diaryl/α,β-unsaturated/α-hetero) is 2. The molecule has 2 N–H and O–H groups in total. The highest BCUT2D eigenvalue weighted by Crippen LogP contribution is 2.25. The van der Waals surface area contributed by atoms with Gasteiger partial charge < -0.3 is 14.9 Å². The van der Waals surface area contributed by atoms with E-state index < -0.39 is 16.4 Å². The standard InChI is InChI=1S/C19H19ClO5/c1-18(2,23)16(21)12-4-8-14(9-5-12)25-15-10-6-13(7-11-15)17(22)19(3,20)24/h4-11,23-24H,1-3H3. The molecule has 6 heteroatoms. The molecule has 132 valence electrons. The molecule has 0 saturated heterocycles. The van der Waals surface area contributed by atoms with Crippen molar-refractivity contribution in [3.8, 4) is 11.5 Å². The van der Waals surface area contributed by atoms with Crippen LogP contribution in [0.3, 0.4) is 0 Å². The SMILES string of the molecule is CC(C)(O)C(=O)c1ccc(Oc2ccc(C(=O)C(C)(O)Cl)cc2)cc1.